The zero-order chi connectivity index (χ0) is 13.0. The first kappa shape index (κ1) is 14.0. The number of nitrogens with one attached hydrogen (secondary N) is 1. The fourth-order valence-corrected chi connectivity index (χ4v) is 3.65. The second-order valence-corrected chi connectivity index (χ2v) is 6.44. The molecule has 1 aliphatic heterocycles. The summed E-state index contributed by atoms with van der Waals surface area (Å²) in [5.74, 6) is -0.232. The Morgan fingerprint density at radius 1 is 1.56 bits per heavy atom. The first-order valence-electron chi connectivity index (χ1n) is 6.11. The summed E-state index contributed by atoms with van der Waals surface area (Å²) in [5.41, 5.74) is 5.20. The van der Waals surface area contributed by atoms with Crippen LogP contribution in [0.25, 0.3) is 0 Å². The van der Waals surface area contributed by atoms with Crippen molar-refractivity contribution in [2.24, 2.45) is 5.73 Å². The molecule has 0 spiro atoms. The van der Waals surface area contributed by atoms with E-state index in [9.17, 15) is 4.79 Å². The topological polar surface area (TPSA) is 58.4 Å². The Morgan fingerprint density at radius 3 is 2.83 bits per heavy atom. The molecule has 6 heteroatoms. The van der Waals surface area contributed by atoms with E-state index in [2.05, 4.69) is 37.6 Å². The van der Waals surface area contributed by atoms with Crippen molar-refractivity contribution in [2.45, 2.75) is 25.4 Å². The van der Waals surface area contributed by atoms with E-state index in [0.29, 0.717) is 12.6 Å². The quantitative estimate of drug-likeness (QED) is 0.860. The number of carbonyl (C=O) groups excluding carboxylic acids is 1. The molecule has 100 valence electrons. The first-order valence-corrected chi connectivity index (χ1v) is 7.78. The van der Waals surface area contributed by atoms with Gasteiger partial charge in [0.25, 0.3) is 0 Å². The maximum atomic E-state index is 10.8. The normalized spacial score (nSPS) is 18.1. The van der Waals surface area contributed by atoms with Gasteiger partial charge in [-0.05, 0) is 40.2 Å². The van der Waals surface area contributed by atoms with Gasteiger partial charge in [-0.25, -0.2) is 0 Å². The Bertz CT molecular complexity index is 402. The maximum absolute atomic E-state index is 10.8. The highest BCUT2D eigenvalue weighted by Crippen LogP contribution is 2.22. The standard InChI is InChI=1S/C12H18BrN3OS/c13-10-3-6-18-11(10)7-15-9-1-4-16(5-2-9)8-12(14)17/h3,6,9,15H,1-2,4-5,7-8H2,(H2,14,17). The number of piperidine rings is 1. The molecule has 3 N–H and O–H groups in total. The largest absolute Gasteiger partial charge is 0.369 e. The molecule has 1 aromatic rings. The summed E-state index contributed by atoms with van der Waals surface area (Å²) in [6.07, 6.45) is 2.16. The molecule has 0 saturated carbocycles. The Morgan fingerprint density at radius 2 is 2.28 bits per heavy atom. The highest BCUT2D eigenvalue weighted by atomic mass is 79.9. The average Bonchev–Trinajstić information content (AvgIpc) is 2.73. The van der Waals surface area contributed by atoms with Crippen LogP contribution in [0, 0.1) is 0 Å². The number of rotatable bonds is 5. The molecule has 18 heavy (non-hydrogen) atoms. The number of primary amides is 1. The van der Waals surface area contributed by atoms with Gasteiger partial charge < -0.3 is 11.1 Å². The monoisotopic (exact) mass is 331 g/mol. The van der Waals surface area contributed by atoms with Crippen molar-refractivity contribution in [3.8, 4) is 0 Å². The van der Waals surface area contributed by atoms with Crippen LogP contribution in [-0.4, -0.2) is 36.5 Å². The van der Waals surface area contributed by atoms with Gasteiger partial charge in [-0.2, -0.15) is 0 Å². The number of nitrogens with zero attached hydrogens (tertiary/aromatic N) is 1. The SMILES string of the molecule is NC(=O)CN1CCC(NCc2sccc2Br)CC1. The lowest BCUT2D eigenvalue weighted by Gasteiger charge is -2.31. The zero-order valence-electron chi connectivity index (χ0n) is 10.2. The van der Waals surface area contributed by atoms with Gasteiger partial charge in [-0.1, -0.05) is 0 Å². The highest BCUT2D eigenvalue weighted by Gasteiger charge is 2.19. The number of likely N-dealkylation sites (tertiary alicyclic amines) is 1. The van der Waals surface area contributed by atoms with E-state index in [4.69, 9.17) is 5.73 Å². The number of thiophene rings is 1. The maximum Gasteiger partial charge on any atom is 0.231 e. The van der Waals surface area contributed by atoms with Crippen LogP contribution in [0.1, 0.15) is 17.7 Å². The van der Waals surface area contributed by atoms with Crippen molar-refractivity contribution in [2.75, 3.05) is 19.6 Å². The minimum absolute atomic E-state index is 0.232. The molecule has 1 saturated heterocycles. The number of nitrogens with two attached hydrogens (primary N) is 1. The number of halogens is 1. The molecule has 0 atom stereocenters. The van der Waals surface area contributed by atoms with Crippen LogP contribution >= 0.6 is 27.3 Å². The summed E-state index contributed by atoms with van der Waals surface area (Å²) >= 11 is 5.30. The molecular weight excluding hydrogens is 314 g/mol. The summed E-state index contributed by atoms with van der Waals surface area (Å²) in [4.78, 5) is 14.3. The fourth-order valence-electron chi connectivity index (χ4n) is 2.20. The molecule has 2 heterocycles. The second-order valence-electron chi connectivity index (χ2n) is 4.59. The first-order chi connectivity index (χ1) is 8.65. The van der Waals surface area contributed by atoms with E-state index in [-0.39, 0.29) is 5.91 Å². The molecule has 0 radical (unpaired) electrons. The minimum Gasteiger partial charge on any atom is -0.369 e. The summed E-state index contributed by atoms with van der Waals surface area (Å²) in [6.45, 7) is 3.21. The Hall–Kier alpha value is -0.430. The summed E-state index contributed by atoms with van der Waals surface area (Å²) < 4.78 is 1.19. The lowest BCUT2D eigenvalue weighted by Crippen LogP contribution is -2.45. The van der Waals surface area contributed by atoms with E-state index < -0.39 is 0 Å². The van der Waals surface area contributed by atoms with Crippen LogP contribution in [-0.2, 0) is 11.3 Å². The third kappa shape index (κ3) is 4.05. The zero-order valence-corrected chi connectivity index (χ0v) is 12.6. The van der Waals surface area contributed by atoms with Gasteiger partial charge >= 0.3 is 0 Å². The Kier molecular flexibility index (Phi) is 5.17. The molecule has 4 nitrogen and oxygen atoms in total. The van der Waals surface area contributed by atoms with E-state index in [1.54, 1.807) is 11.3 Å². The second kappa shape index (κ2) is 6.65. The molecule has 0 bridgehead atoms. The Balaban J connectivity index is 1.71. The van der Waals surface area contributed by atoms with Gasteiger partial charge in [0, 0.05) is 35.0 Å². The van der Waals surface area contributed by atoms with Gasteiger partial charge in [0.15, 0.2) is 0 Å². The van der Waals surface area contributed by atoms with Crippen molar-refractivity contribution in [1.29, 1.82) is 0 Å². The molecule has 0 unspecified atom stereocenters. The van der Waals surface area contributed by atoms with E-state index >= 15 is 0 Å². The summed E-state index contributed by atoms with van der Waals surface area (Å²) in [5, 5.41) is 5.67. The van der Waals surface area contributed by atoms with Crippen molar-refractivity contribution >= 4 is 33.2 Å². The van der Waals surface area contributed by atoms with Gasteiger partial charge in [0.1, 0.15) is 0 Å². The van der Waals surface area contributed by atoms with Crippen molar-refractivity contribution in [1.82, 2.24) is 10.2 Å². The fraction of sp³-hybridized carbons (Fsp3) is 0.583. The highest BCUT2D eigenvalue weighted by molar-refractivity contribution is 9.10. The van der Waals surface area contributed by atoms with Crippen molar-refractivity contribution in [3.63, 3.8) is 0 Å². The molecular formula is C12H18BrN3OS. The van der Waals surface area contributed by atoms with E-state index in [0.717, 1.165) is 32.5 Å². The Labute approximate surface area is 120 Å². The molecule has 1 aliphatic rings. The predicted octanol–water partition coefficient (Wildman–Crippen LogP) is 1.55. The molecule has 0 aromatic carbocycles. The number of hydrogen-bond acceptors (Lipinski definition) is 4. The summed E-state index contributed by atoms with van der Waals surface area (Å²) in [7, 11) is 0. The van der Waals surface area contributed by atoms with Crippen LogP contribution in [0.4, 0.5) is 0 Å². The molecule has 2 rings (SSSR count). The van der Waals surface area contributed by atoms with Gasteiger partial charge in [-0.15, -0.1) is 11.3 Å². The van der Waals surface area contributed by atoms with Gasteiger partial charge in [0.05, 0.1) is 6.54 Å². The third-order valence-corrected chi connectivity index (χ3v) is 5.14. The van der Waals surface area contributed by atoms with Gasteiger partial charge in [0.2, 0.25) is 5.91 Å². The van der Waals surface area contributed by atoms with E-state index in [1.165, 1.54) is 9.35 Å². The minimum atomic E-state index is -0.232. The number of carbonyl (C=O) groups is 1. The summed E-state index contributed by atoms with van der Waals surface area (Å²) in [6, 6.07) is 2.63. The van der Waals surface area contributed by atoms with Crippen LogP contribution in [0.15, 0.2) is 15.9 Å². The van der Waals surface area contributed by atoms with Crippen molar-refractivity contribution < 1.29 is 4.79 Å². The predicted molar refractivity (Wildman–Crippen MR) is 77.5 cm³/mol. The van der Waals surface area contributed by atoms with Crippen LogP contribution in [0.5, 0.6) is 0 Å². The van der Waals surface area contributed by atoms with Crippen molar-refractivity contribution in [3.05, 3.63) is 20.8 Å². The van der Waals surface area contributed by atoms with Gasteiger partial charge in [-0.3, -0.25) is 9.69 Å². The number of amides is 1. The molecule has 1 amide bonds. The number of hydrogen-bond donors (Lipinski definition) is 2. The van der Waals surface area contributed by atoms with Crippen LogP contribution in [0.2, 0.25) is 0 Å². The van der Waals surface area contributed by atoms with Crippen LogP contribution < -0.4 is 11.1 Å². The lowest BCUT2D eigenvalue weighted by molar-refractivity contribution is -0.119. The molecule has 1 aromatic heterocycles. The smallest absolute Gasteiger partial charge is 0.231 e. The molecule has 1 fully saturated rings. The lowest BCUT2D eigenvalue weighted by atomic mass is 10.1. The van der Waals surface area contributed by atoms with Crippen LogP contribution in [0.3, 0.4) is 0 Å². The van der Waals surface area contributed by atoms with E-state index in [1.807, 2.05) is 0 Å². The average molecular weight is 332 g/mol. The molecule has 0 aliphatic carbocycles. The third-order valence-electron chi connectivity index (χ3n) is 3.21.